The van der Waals surface area contributed by atoms with Gasteiger partial charge in [0.05, 0.1) is 18.7 Å². The molecule has 0 heterocycles. The van der Waals surface area contributed by atoms with Gasteiger partial charge in [0.15, 0.2) is 0 Å². The molecule has 1 aromatic carbocycles. The third-order valence-electron chi connectivity index (χ3n) is 4.71. The van der Waals surface area contributed by atoms with Gasteiger partial charge in [-0.1, -0.05) is 32.4 Å². The molecule has 6 nitrogen and oxygen atoms in total. The molecule has 2 rings (SSSR count). The van der Waals surface area contributed by atoms with Crippen molar-refractivity contribution in [3.05, 3.63) is 29.8 Å². The molecule has 1 aliphatic rings. The Labute approximate surface area is 168 Å². The Bertz CT molecular complexity index is 587. The normalized spacial score (nSPS) is 15.6. The first-order valence-electron chi connectivity index (χ1n) is 9.51. The van der Waals surface area contributed by atoms with Crippen molar-refractivity contribution in [2.45, 2.75) is 64.6 Å². The van der Waals surface area contributed by atoms with Crippen LogP contribution in [0.4, 0.5) is 0 Å². The number of nitrogens with one attached hydrogen (secondary N) is 2. The van der Waals surface area contributed by atoms with Crippen LogP contribution in [0.3, 0.4) is 0 Å². The number of carbonyl (C=O) groups is 2. The van der Waals surface area contributed by atoms with E-state index in [1.165, 1.54) is 19.3 Å². The fourth-order valence-electron chi connectivity index (χ4n) is 2.91. The van der Waals surface area contributed by atoms with Crippen molar-refractivity contribution in [3.8, 4) is 5.75 Å². The molecule has 1 atom stereocenters. The maximum atomic E-state index is 11.9. The van der Waals surface area contributed by atoms with Crippen molar-refractivity contribution < 1.29 is 14.3 Å². The molecule has 27 heavy (non-hydrogen) atoms. The zero-order chi connectivity index (χ0) is 18.9. The Morgan fingerprint density at radius 3 is 2.33 bits per heavy atom. The summed E-state index contributed by atoms with van der Waals surface area (Å²) in [6.07, 6.45) is 6.38. The molecule has 0 radical (unpaired) electrons. The fraction of sp³-hybridized carbons (Fsp3) is 0.600. The van der Waals surface area contributed by atoms with Crippen molar-refractivity contribution in [2.75, 3.05) is 6.54 Å². The van der Waals surface area contributed by atoms with Crippen molar-refractivity contribution in [3.63, 3.8) is 0 Å². The summed E-state index contributed by atoms with van der Waals surface area (Å²) in [6, 6.07) is 7.19. The van der Waals surface area contributed by atoms with Crippen LogP contribution in [0.25, 0.3) is 0 Å². The highest BCUT2D eigenvalue weighted by atomic mass is 35.5. The molecule has 1 saturated carbocycles. The highest BCUT2D eigenvalue weighted by Gasteiger charge is 2.17. The number of rotatable bonds is 8. The van der Waals surface area contributed by atoms with Gasteiger partial charge < -0.3 is 21.1 Å². The van der Waals surface area contributed by atoms with Crippen LogP contribution in [0.15, 0.2) is 24.3 Å². The predicted molar refractivity (Wildman–Crippen MR) is 109 cm³/mol. The summed E-state index contributed by atoms with van der Waals surface area (Å²) in [5.74, 6) is 0.366. The summed E-state index contributed by atoms with van der Waals surface area (Å²) in [6.45, 7) is 4.08. The summed E-state index contributed by atoms with van der Waals surface area (Å²) in [7, 11) is 0. The molecule has 0 saturated heterocycles. The number of hydrogen-bond donors (Lipinski definition) is 3. The molecular weight excluding hydrogens is 366 g/mol. The Kier molecular flexibility index (Phi) is 10.2. The van der Waals surface area contributed by atoms with Gasteiger partial charge in [0, 0.05) is 6.54 Å². The second kappa shape index (κ2) is 11.8. The minimum Gasteiger partial charge on any atom is -0.490 e. The summed E-state index contributed by atoms with van der Waals surface area (Å²) in [5, 5.41) is 5.35. The van der Waals surface area contributed by atoms with Crippen LogP contribution in [-0.4, -0.2) is 30.5 Å². The van der Waals surface area contributed by atoms with E-state index in [1.807, 2.05) is 38.1 Å². The van der Waals surface area contributed by atoms with E-state index < -0.39 is 6.04 Å². The molecule has 1 aromatic rings. The van der Waals surface area contributed by atoms with E-state index in [-0.39, 0.29) is 36.7 Å². The lowest BCUT2D eigenvalue weighted by Crippen LogP contribution is -2.47. The second-order valence-corrected chi connectivity index (χ2v) is 7.29. The fourth-order valence-corrected chi connectivity index (χ4v) is 2.91. The molecule has 152 valence electrons. The molecule has 1 aliphatic carbocycles. The SMILES string of the molecule is CC(C)[C@H](N)C(=O)NCC(=O)NCc1ccc(OC2CCCCC2)cc1.Cl. The first-order chi connectivity index (χ1) is 12.5. The zero-order valence-corrected chi connectivity index (χ0v) is 17.0. The van der Waals surface area contributed by atoms with Gasteiger partial charge in [-0.15, -0.1) is 12.4 Å². The largest absolute Gasteiger partial charge is 0.490 e. The second-order valence-electron chi connectivity index (χ2n) is 7.29. The summed E-state index contributed by atoms with van der Waals surface area (Å²) >= 11 is 0. The average Bonchev–Trinajstić information content (AvgIpc) is 2.65. The Hall–Kier alpha value is -1.79. The summed E-state index contributed by atoms with van der Waals surface area (Å²) < 4.78 is 6.00. The third kappa shape index (κ3) is 8.18. The molecule has 1 fully saturated rings. The van der Waals surface area contributed by atoms with Gasteiger partial charge in [-0.05, 0) is 49.3 Å². The Morgan fingerprint density at radius 2 is 1.74 bits per heavy atom. The molecule has 0 aromatic heterocycles. The van der Waals surface area contributed by atoms with Gasteiger partial charge in [0.1, 0.15) is 5.75 Å². The van der Waals surface area contributed by atoms with E-state index in [1.54, 1.807) is 0 Å². The Balaban J connectivity index is 0.00000364. The highest BCUT2D eigenvalue weighted by molar-refractivity contribution is 5.87. The number of halogens is 1. The van der Waals surface area contributed by atoms with Crippen LogP contribution in [0.5, 0.6) is 5.75 Å². The lowest BCUT2D eigenvalue weighted by molar-refractivity contribution is -0.127. The number of nitrogens with two attached hydrogens (primary N) is 1. The van der Waals surface area contributed by atoms with Gasteiger partial charge in [0.2, 0.25) is 11.8 Å². The van der Waals surface area contributed by atoms with E-state index in [0.717, 1.165) is 24.2 Å². The summed E-state index contributed by atoms with van der Waals surface area (Å²) in [5.41, 5.74) is 6.72. The van der Waals surface area contributed by atoms with Gasteiger partial charge in [-0.3, -0.25) is 9.59 Å². The number of hydrogen-bond acceptors (Lipinski definition) is 4. The number of carbonyl (C=O) groups excluding carboxylic acids is 2. The third-order valence-corrected chi connectivity index (χ3v) is 4.71. The minimum atomic E-state index is -0.598. The van der Waals surface area contributed by atoms with E-state index in [2.05, 4.69) is 10.6 Å². The molecule has 0 bridgehead atoms. The van der Waals surface area contributed by atoms with Crippen molar-refractivity contribution >= 4 is 24.2 Å². The monoisotopic (exact) mass is 397 g/mol. The molecule has 4 N–H and O–H groups in total. The first-order valence-corrected chi connectivity index (χ1v) is 9.51. The smallest absolute Gasteiger partial charge is 0.239 e. The first kappa shape index (κ1) is 23.2. The van der Waals surface area contributed by atoms with Crippen LogP contribution in [-0.2, 0) is 16.1 Å². The maximum Gasteiger partial charge on any atom is 0.239 e. The zero-order valence-electron chi connectivity index (χ0n) is 16.2. The van der Waals surface area contributed by atoms with Crippen LogP contribution in [0, 0.1) is 5.92 Å². The predicted octanol–water partition coefficient (Wildman–Crippen LogP) is 2.54. The minimum absolute atomic E-state index is 0. The van der Waals surface area contributed by atoms with Crippen LogP contribution < -0.4 is 21.1 Å². The van der Waals surface area contributed by atoms with Crippen LogP contribution in [0.2, 0.25) is 0 Å². The maximum absolute atomic E-state index is 11.9. The van der Waals surface area contributed by atoms with Gasteiger partial charge >= 0.3 is 0 Å². The van der Waals surface area contributed by atoms with E-state index in [9.17, 15) is 9.59 Å². The standard InChI is InChI=1S/C20H31N3O3.ClH/c1-14(2)19(21)20(25)23-13-18(24)22-12-15-8-10-17(11-9-15)26-16-6-4-3-5-7-16;/h8-11,14,16,19H,3-7,12-13,21H2,1-2H3,(H,22,24)(H,23,25);1H/t19-;/m0./s1. The van der Waals surface area contributed by atoms with Crippen molar-refractivity contribution in [1.29, 1.82) is 0 Å². The number of benzene rings is 1. The topological polar surface area (TPSA) is 93.5 Å². The Morgan fingerprint density at radius 1 is 1.11 bits per heavy atom. The molecule has 0 spiro atoms. The number of amides is 2. The highest BCUT2D eigenvalue weighted by Crippen LogP contribution is 2.23. The van der Waals surface area contributed by atoms with E-state index in [4.69, 9.17) is 10.5 Å². The molecule has 0 aliphatic heterocycles. The molecule has 7 heteroatoms. The summed E-state index contributed by atoms with van der Waals surface area (Å²) in [4.78, 5) is 23.6. The van der Waals surface area contributed by atoms with Crippen molar-refractivity contribution in [2.24, 2.45) is 11.7 Å². The molecular formula is C20H32ClN3O3. The van der Waals surface area contributed by atoms with Gasteiger partial charge in [-0.25, -0.2) is 0 Å². The van der Waals surface area contributed by atoms with Crippen LogP contribution in [0.1, 0.15) is 51.5 Å². The lowest BCUT2D eigenvalue weighted by Gasteiger charge is -2.23. The number of ether oxygens (including phenoxy) is 1. The van der Waals surface area contributed by atoms with E-state index >= 15 is 0 Å². The average molecular weight is 398 g/mol. The lowest BCUT2D eigenvalue weighted by atomic mass is 9.98. The van der Waals surface area contributed by atoms with Crippen molar-refractivity contribution in [1.82, 2.24) is 10.6 Å². The quantitative estimate of drug-likeness (QED) is 0.628. The van der Waals surface area contributed by atoms with E-state index in [0.29, 0.717) is 12.6 Å². The molecule has 0 unspecified atom stereocenters. The van der Waals surface area contributed by atoms with Gasteiger partial charge in [0.25, 0.3) is 0 Å². The molecule has 2 amide bonds. The van der Waals surface area contributed by atoms with Crippen LogP contribution >= 0.6 is 12.4 Å². The van der Waals surface area contributed by atoms with Gasteiger partial charge in [-0.2, -0.15) is 0 Å².